The summed E-state index contributed by atoms with van der Waals surface area (Å²) in [6.07, 6.45) is 4.43. The van der Waals surface area contributed by atoms with E-state index in [1.54, 1.807) is 0 Å². The van der Waals surface area contributed by atoms with Gasteiger partial charge in [-0.1, -0.05) is 6.92 Å². The van der Waals surface area contributed by atoms with E-state index in [0.29, 0.717) is 5.56 Å². The molecule has 1 aliphatic heterocycles. The minimum Gasteiger partial charge on any atom is -0.352 e. The zero-order valence-corrected chi connectivity index (χ0v) is 11.3. The molecule has 1 aliphatic rings. The number of imidazole rings is 1. The van der Waals surface area contributed by atoms with Gasteiger partial charge >= 0.3 is 0 Å². The minimum absolute atomic E-state index is 0.00489. The molecule has 3 rings (SSSR count). The molecule has 4 heteroatoms. The number of amides is 1. The van der Waals surface area contributed by atoms with E-state index in [4.69, 9.17) is 0 Å². The van der Waals surface area contributed by atoms with Crippen LogP contribution in [-0.2, 0) is 13.0 Å². The van der Waals surface area contributed by atoms with Gasteiger partial charge in [0.25, 0.3) is 5.91 Å². The van der Waals surface area contributed by atoms with Gasteiger partial charge in [-0.25, -0.2) is 4.98 Å². The van der Waals surface area contributed by atoms with Gasteiger partial charge < -0.3 is 9.88 Å². The van der Waals surface area contributed by atoms with Crippen LogP contribution in [0.2, 0.25) is 0 Å². The molecule has 1 aromatic heterocycles. The molecule has 0 bridgehead atoms. The zero-order valence-electron chi connectivity index (χ0n) is 11.3. The number of nitrogens with one attached hydrogen (secondary N) is 1. The molecule has 0 saturated heterocycles. The number of carbonyl (C=O) groups excluding carboxylic acids is 1. The quantitative estimate of drug-likeness (QED) is 0.918. The molecule has 0 spiro atoms. The maximum absolute atomic E-state index is 11.9. The van der Waals surface area contributed by atoms with E-state index >= 15 is 0 Å². The Balaban J connectivity index is 1.95. The molecule has 0 saturated carbocycles. The van der Waals surface area contributed by atoms with Crippen LogP contribution in [-0.4, -0.2) is 22.0 Å². The van der Waals surface area contributed by atoms with E-state index in [-0.39, 0.29) is 5.91 Å². The Morgan fingerprint density at radius 3 is 3.16 bits per heavy atom. The fraction of sp³-hybridized carbons (Fsp3) is 0.467. The maximum Gasteiger partial charge on any atom is 0.251 e. The summed E-state index contributed by atoms with van der Waals surface area (Å²) in [6.45, 7) is 3.82. The number of hydrogen-bond donors (Lipinski definition) is 1. The lowest BCUT2D eigenvalue weighted by molar-refractivity contribution is 0.0954. The van der Waals surface area contributed by atoms with Crippen LogP contribution in [0.1, 0.15) is 42.4 Å². The summed E-state index contributed by atoms with van der Waals surface area (Å²) in [5.74, 6) is 1.15. The van der Waals surface area contributed by atoms with Crippen LogP contribution in [0.3, 0.4) is 0 Å². The summed E-state index contributed by atoms with van der Waals surface area (Å²) >= 11 is 0. The average Bonchev–Trinajstić information content (AvgIpc) is 2.82. The molecule has 1 amide bonds. The molecule has 100 valence electrons. The van der Waals surface area contributed by atoms with Crippen molar-refractivity contribution in [1.29, 1.82) is 0 Å². The van der Waals surface area contributed by atoms with Crippen LogP contribution in [0, 0.1) is 0 Å². The highest BCUT2D eigenvalue weighted by atomic mass is 16.1. The van der Waals surface area contributed by atoms with Crippen molar-refractivity contribution in [3.8, 4) is 0 Å². The second-order valence-electron chi connectivity index (χ2n) is 5.10. The second kappa shape index (κ2) is 5.03. The third kappa shape index (κ3) is 2.23. The van der Waals surface area contributed by atoms with Crippen LogP contribution in [0.5, 0.6) is 0 Å². The number of aryl methyl sites for hydroxylation is 2. The van der Waals surface area contributed by atoms with Gasteiger partial charge in [-0.3, -0.25) is 4.79 Å². The van der Waals surface area contributed by atoms with Gasteiger partial charge in [0.2, 0.25) is 0 Å². The molecule has 4 nitrogen and oxygen atoms in total. The molecule has 0 fully saturated rings. The lowest BCUT2D eigenvalue weighted by Gasteiger charge is -2.13. The number of aromatic nitrogens is 2. The third-order valence-corrected chi connectivity index (χ3v) is 3.66. The first kappa shape index (κ1) is 12.2. The lowest BCUT2D eigenvalue weighted by Crippen LogP contribution is -2.23. The van der Waals surface area contributed by atoms with Gasteiger partial charge in [0, 0.05) is 25.1 Å². The third-order valence-electron chi connectivity index (χ3n) is 3.66. The summed E-state index contributed by atoms with van der Waals surface area (Å²) in [6, 6.07) is 5.83. The van der Waals surface area contributed by atoms with Gasteiger partial charge in [0.05, 0.1) is 11.0 Å². The van der Waals surface area contributed by atoms with E-state index in [2.05, 4.69) is 14.9 Å². The topological polar surface area (TPSA) is 46.9 Å². The highest BCUT2D eigenvalue weighted by molar-refractivity contribution is 5.97. The monoisotopic (exact) mass is 257 g/mol. The summed E-state index contributed by atoms with van der Waals surface area (Å²) in [7, 11) is 0. The largest absolute Gasteiger partial charge is 0.352 e. The molecule has 0 aliphatic carbocycles. The molecular weight excluding hydrogens is 238 g/mol. The van der Waals surface area contributed by atoms with E-state index < -0.39 is 0 Å². The van der Waals surface area contributed by atoms with Gasteiger partial charge in [0.15, 0.2) is 0 Å². The van der Waals surface area contributed by atoms with Crippen molar-refractivity contribution in [1.82, 2.24) is 14.9 Å². The number of rotatable bonds is 3. The van der Waals surface area contributed by atoms with Crippen molar-refractivity contribution in [2.24, 2.45) is 0 Å². The number of carbonyl (C=O) groups is 1. The van der Waals surface area contributed by atoms with Crippen LogP contribution in [0.4, 0.5) is 0 Å². The van der Waals surface area contributed by atoms with Crippen molar-refractivity contribution in [2.45, 2.75) is 39.2 Å². The first-order valence-corrected chi connectivity index (χ1v) is 7.07. The lowest BCUT2D eigenvalue weighted by atomic mass is 10.1. The number of benzene rings is 1. The molecule has 0 atom stereocenters. The molecule has 19 heavy (non-hydrogen) atoms. The highest BCUT2D eigenvalue weighted by Gasteiger charge is 2.15. The van der Waals surface area contributed by atoms with Crippen LogP contribution in [0.25, 0.3) is 11.0 Å². The number of hydrogen-bond acceptors (Lipinski definition) is 2. The fourth-order valence-electron chi connectivity index (χ4n) is 2.65. The Kier molecular flexibility index (Phi) is 3.23. The first-order chi connectivity index (χ1) is 9.29. The molecule has 1 N–H and O–H groups in total. The van der Waals surface area contributed by atoms with Gasteiger partial charge in [0.1, 0.15) is 5.82 Å². The second-order valence-corrected chi connectivity index (χ2v) is 5.10. The van der Waals surface area contributed by atoms with Crippen molar-refractivity contribution >= 4 is 16.9 Å². The fourth-order valence-corrected chi connectivity index (χ4v) is 2.65. The summed E-state index contributed by atoms with van der Waals surface area (Å²) in [5, 5.41) is 2.90. The number of nitrogens with zero attached hydrogens (tertiary/aromatic N) is 2. The minimum atomic E-state index is -0.00489. The Labute approximate surface area is 112 Å². The Morgan fingerprint density at radius 1 is 1.42 bits per heavy atom. The maximum atomic E-state index is 11.9. The summed E-state index contributed by atoms with van der Waals surface area (Å²) in [5.41, 5.74) is 2.80. The molecule has 2 aromatic rings. The molecular formula is C15H19N3O. The van der Waals surface area contributed by atoms with Gasteiger partial charge in [-0.2, -0.15) is 0 Å². The summed E-state index contributed by atoms with van der Waals surface area (Å²) in [4.78, 5) is 16.6. The highest BCUT2D eigenvalue weighted by Crippen LogP contribution is 2.23. The van der Waals surface area contributed by atoms with Gasteiger partial charge in [-0.15, -0.1) is 0 Å². The SMILES string of the molecule is CCCNC(=O)c1ccc2c(c1)nc1n2CCCC1. The van der Waals surface area contributed by atoms with Crippen molar-refractivity contribution < 1.29 is 4.79 Å². The van der Waals surface area contributed by atoms with E-state index in [1.807, 2.05) is 25.1 Å². The Bertz CT molecular complexity index is 615. The average molecular weight is 257 g/mol. The van der Waals surface area contributed by atoms with Crippen molar-refractivity contribution in [3.63, 3.8) is 0 Å². The predicted molar refractivity (Wildman–Crippen MR) is 75.3 cm³/mol. The van der Waals surface area contributed by atoms with Crippen LogP contribution >= 0.6 is 0 Å². The zero-order chi connectivity index (χ0) is 13.2. The van der Waals surface area contributed by atoms with Crippen LogP contribution < -0.4 is 5.32 Å². The van der Waals surface area contributed by atoms with Crippen molar-refractivity contribution in [2.75, 3.05) is 6.54 Å². The Morgan fingerprint density at radius 2 is 2.32 bits per heavy atom. The van der Waals surface area contributed by atoms with E-state index in [1.165, 1.54) is 12.8 Å². The summed E-state index contributed by atoms with van der Waals surface area (Å²) < 4.78 is 2.28. The van der Waals surface area contributed by atoms with Crippen molar-refractivity contribution in [3.05, 3.63) is 29.6 Å². The standard InChI is InChI=1S/C15H19N3O/c1-2-8-16-15(19)11-6-7-13-12(10-11)17-14-5-3-4-9-18(13)14/h6-7,10H,2-5,8-9H2,1H3,(H,16,19). The van der Waals surface area contributed by atoms with Gasteiger partial charge in [-0.05, 0) is 37.5 Å². The molecule has 1 aromatic carbocycles. The smallest absolute Gasteiger partial charge is 0.251 e. The van der Waals surface area contributed by atoms with E-state index in [9.17, 15) is 4.79 Å². The predicted octanol–water partition coefficient (Wildman–Crippen LogP) is 2.51. The molecule has 2 heterocycles. The van der Waals surface area contributed by atoms with E-state index in [0.717, 1.165) is 42.8 Å². The normalized spacial score (nSPS) is 14.4. The van der Waals surface area contributed by atoms with Crippen LogP contribution in [0.15, 0.2) is 18.2 Å². The Hall–Kier alpha value is -1.84. The first-order valence-electron chi connectivity index (χ1n) is 7.07. The number of fused-ring (bicyclic) bond motifs is 3. The molecule has 0 unspecified atom stereocenters. The molecule has 0 radical (unpaired) electrons.